The molecule has 316 valence electrons. The number of aliphatic hydroxyl groups is 2. The molecule has 0 saturated heterocycles. The third-order valence-electron chi connectivity index (χ3n) is 9.38. The van der Waals surface area contributed by atoms with Crippen LogP contribution in [-0.4, -0.2) is 122 Å². The van der Waals surface area contributed by atoms with Crippen molar-refractivity contribution in [3.05, 3.63) is 95.8 Å². The maximum absolute atomic E-state index is 15.1. The van der Waals surface area contributed by atoms with E-state index in [9.17, 15) is 53.3 Å². The van der Waals surface area contributed by atoms with Crippen LogP contribution in [0.5, 0.6) is 0 Å². The number of carboxylic acid groups (broad SMARTS) is 1. The summed E-state index contributed by atoms with van der Waals surface area (Å²) in [7, 11) is 0. The summed E-state index contributed by atoms with van der Waals surface area (Å²) in [4.78, 5) is 89.2. The van der Waals surface area contributed by atoms with Gasteiger partial charge in [-0.1, -0.05) is 51.1 Å². The molecule has 6 amide bonds. The van der Waals surface area contributed by atoms with Gasteiger partial charge in [-0.25, -0.2) is 13.6 Å². The topological polar surface area (TPSA) is 254 Å². The first-order valence-corrected chi connectivity index (χ1v) is 18.4. The van der Waals surface area contributed by atoms with E-state index in [0.717, 1.165) is 35.9 Å². The number of aliphatic hydroxyl groups excluding tert-OH is 2. The van der Waals surface area contributed by atoms with Crippen LogP contribution in [0.3, 0.4) is 0 Å². The lowest BCUT2D eigenvalue weighted by Gasteiger charge is -2.41. The van der Waals surface area contributed by atoms with E-state index in [1.807, 2.05) is 51.1 Å². The van der Waals surface area contributed by atoms with E-state index in [4.69, 9.17) is 5.73 Å². The number of hydrogen-bond acceptors (Lipinski definition) is 10. The lowest BCUT2D eigenvalue weighted by Crippen LogP contribution is -2.56. The first-order chi connectivity index (χ1) is 27.8. The fourth-order valence-electron chi connectivity index (χ4n) is 6.48. The minimum absolute atomic E-state index is 0.0177. The lowest BCUT2D eigenvalue weighted by atomic mass is 9.82. The summed E-state index contributed by atoms with van der Waals surface area (Å²) >= 11 is 0. The minimum Gasteiger partial charge on any atom is -0.480 e. The van der Waals surface area contributed by atoms with Crippen molar-refractivity contribution >= 4 is 41.4 Å². The fraction of sp³-hybridized carbons (Fsp3) is 0.375. The molecule has 2 aromatic carbocycles. The van der Waals surface area contributed by atoms with E-state index in [-0.39, 0.29) is 25.1 Å². The van der Waals surface area contributed by atoms with E-state index in [0.29, 0.717) is 16.2 Å². The number of nitrogens with one attached hydrogen (secondary N) is 3. The quantitative estimate of drug-likeness (QED) is 0.0804. The maximum Gasteiger partial charge on any atom is 0.328 e. The number of aliphatic carboxylic acids is 1. The average molecular weight is 824 g/mol. The van der Waals surface area contributed by atoms with E-state index in [1.165, 1.54) is 4.90 Å². The van der Waals surface area contributed by atoms with Crippen molar-refractivity contribution in [3.63, 3.8) is 0 Å². The molecule has 17 nitrogen and oxygen atoms in total. The molecule has 0 spiro atoms. The normalized spacial score (nSPS) is 14.7. The Labute approximate surface area is 337 Å². The summed E-state index contributed by atoms with van der Waals surface area (Å²) in [5, 5.41) is 36.1. The molecular weight excluding hydrogens is 776 g/mol. The number of nitrogens with zero attached hydrogens (tertiary/aromatic N) is 3. The summed E-state index contributed by atoms with van der Waals surface area (Å²) in [6, 6.07) is 8.30. The molecule has 0 fully saturated rings. The van der Waals surface area contributed by atoms with Crippen molar-refractivity contribution in [2.75, 3.05) is 32.8 Å². The Morgan fingerprint density at radius 1 is 0.898 bits per heavy atom. The van der Waals surface area contributed by atoms with Gasteiger partial charge in [-0.15, -0.1) is 0 Å². The molecule has 0 bridgehead atoms. The molecule has 0 saturated carbocycles. The molecule has 3 aromatic rings. The zero-order valence-corrected chi connectivity index (χ0v) is 32.6. The largest absolute Gasteiger partial charge is 0.480 e. The Balaban J connectivity index is 1.50. The standard InChI is InChI=1S/C40H47F2N7O10/c1-40(2,3)36(31-15-24(26-16-25(41)9-10-27(26)42)19-47(31)18-23-7-5-4-6-8-23)48(35(55)22-51)14-13-28(43)37(56)46-29(39(58)59)17-44-38(57)30(21-50)45-32(52)20-49-33(53)11-12-34(49)54/h4-12,15-16,19,28-30,36,50-51H,13-14,17-18,20-22,43H2,1-3H3,(H,44,57)(H,45,52)(H,46,56)(H,58,59)/t28-,29+,30?,36?/m0/s1. The Hall–Kier alpha value is -6.31. The third-order valence-corrected chi connectivity index (χ3v) is 9.38. The van der Waals surface area contributed by atoms with Gasteiger partial charge in [0.25, 0.3) is 11.8 Å². The fourth-order valence-corrected chi connectivity index (χ4v) is 6.48. The molecule has 19 heteroatoms. The molecule has 1 aliphatic rings. The van der Waals surface area contributed by atoms with Gasteiger partial charge in [0.2, 0.25) is 23.6 Å². The Morgan fingerprint density at radius 3 is 2.15 bits per heavy atom. The van der Waals surface area contributed by atoms with Crippen molar-refractivity contribution in [1.82, 2.24) is 30.3 Å². The van der Waals surface area contributed by atoms with Gasteiger partial charge in [0.05, 0.1) is 18.7 Å². The highest BCUT2D eigenvalue weighted by Crippen LogP contribution is 2.41. The molecule has 59 heavy (non-hydrogen) atoms. The molecule has 2 heterocycles. The molecule has 4 atom stereocenters. The predicted octanol–water partition coefficient (Wildman–Crippen LogP) is 0.195. The van der Waals surface area contributed by atoms with Crippen LogP contribution in [0, 0.1) is 17.0 Å². The number of imide groups is 1. The van der Waals surface area contributed by atoms with Crippen LogP contribution < -0.4 is 21.7 Å². The molecule has 4 rings (SSSR count). The second-order valence-electron chi connectivity index (χ2n) is 14.8. The van der Waals surface area contributed by atoms with E-state index < -0.39 is 109 Å². The van der Waals surface area contributed by atoms with Gasteiger partial charge >= 0.3 is 5.97 Å². The highest BCUT2D eigenvalue weighted by molar-refractivity contribution is 6.14. The number of amides is 6. The van der Waals surface area contributed by atoms with Crippen molar-refractivity contribution in [2.45, 2.75) is 57.9 Å². The molecule has 8 N–H and O–H groups in total. The Bertz CT molecular complexity index is 2070. The van der Waals surface area contributed by atoms with Gasteiger partial charge in [0.15, 0.2) is 0 Å². The number of aromatic nitrogens is 1. The van der Waals surface area contributed by atoms with Crippen molar-refractivity contribution < 1.29 is 57.7 Å². The summed E-state index contributed by atoms with van der Waals surface area (Å²) in [6.07, 6.45) is 3.30. The van der Waals surface area contributed by atoms with E-state index in [1.54, 1.807) is 16.8 Å². The van der Waals surface area contributed by atoms with Crippen molar-refractivity contribution in [2.24, 2.45) is 11.1 Å². The summed E-state index contributed by atoms with van der Waals surface area (Å²) in [6.45, 7) is 2.19. The average Bonchev–Trinajstić information content (AvgIpc) is 3.74. The number of carbonyl (C=O) groups is 7. The molecule has 0 aliphatic carbocycles. The summed E-state index contributed by atoms with van der Waals surface area (Å²) in [5.74, 6) is -8.15. The highest BCUT2D eigenvalue weighted by atomic mass is 19.1. The van der Waals surface area contributed by atoms with Crippen molar-refractivity contribution in [3.8, 4) is 11.1 Å². The molecule has 1 aromatic heterocycles. The number of rotatable bonds is 19. The SMILES string of the molecule is CC(C)(C)C(c1cc(-c2cc(F)ccc2F)cn1Cc1ccccc1)N(CC[C@H](N)C(=O)N[C@H](CNC(=O)C(CO)NC(=O)CN1C(=O)C=CC1=O)C(=O)O)C(=O)CO. The number of benzene rings is 2. The zero-order valence-electron chi connectivity index (χ0n) is 32.6. The third kappa shape index (κ3) is 11.9. The first kappa shape index (κ1) is 45.4. The predicted molar refractivity (Wildman–Crippen MR) is 206 cm³/mol. The van der Waals surface area contributed by atoms with Gasteiger partial charge < -0.3 is 46.5 Å². The van der Waals surface area contributed by atoms with Gasteiger partial charge in [0, 0.05) is 54.8 Å². The molecule has 2 unspecified atom stereocenters. The monoisotopic (exact) mass is 823 g/mol. The van der Waals surface area contributed by atoms with Gasteiger partial charge in [-0.3, -0.25) is 33.7 Å². The first-order valence-electron chi connectivity index (χ1n) is 18.4. The number of nitrogens with two attached hydrogens (primary N) is 1. The van der Waals surface area contributed by atoms with Crippen molar-refractivity contribution in [1.29, 1.82) is 0 Å². The Morgan fingerprint density at radius 2 is 1.56 bits per heavy atom. The number of hydrogen-bond donors (Lipinski definition) is 7. The number of halogens is 2. The number of carboxylic acids is 1. The van der Waals surface area contributed by atoms with Gasteiger partial charge in [-0.2, -0.15) is 0 Å². The molecule has 1 aliphatic heterocycles. The molecule has 0 radical (unpaired) electrons. The van der Waals surface area contributed by atoms with Crippen LogP contribution in [0.25, 0.3) is 11.1 Å². The highest BCUT2D eigenvalue weighted by Gasteiger charge is 2.38. The van der Waals surface area contributed by atoms with E-state index >= 15 is 4.39 Å². The number of carbonyl (C=O) groups excluding carboxylic acids is 6. The van der Waals surface area contributed by atoms with Gasteiger partial charge in [-0.05, 0) is 41.7 Å². The second-order valence-corrected chi connectivity index (χ2v) is 14.8. The van der Waals surface area contributed by atoms with Crippen LogP contribution in [0.4, 0.5) is 8.78 Å². The van der Waals surface area contributed by atoms with Gasteiger partial charge in [0.1, 0.15) is 36.9 Å². The van der Waals surface area contributed by atoms with Crippen LogP contribution in [0.1, 0.15) is 44.5 Å². The summed E-state index contributed by atoms with van der Waals surface area (Å²) in [5.41, 5.74) is 7.08. The lowest BCUT2D eigenvalue weighted by molar-refractivity contribution is -0.142. The van der Waals surface area contributed by atoms with Crippen LogP contribution in [-0.2, 0) is 40.1 Å². The van der Waals surface area contributed by atoms with Crippen LogP contribution in [0.2, 0.25) is 0 Å². The maximum atomic E-state index is 15.1. The second kappa shape index (κ2) is 19.9. The summed E-state index contributed by atoms with van der Waals surface area (Å²) < 4.78 is 31.2. The van der Waals surface area contributed by atoms with Crippen LogP contribution in [0.15, 0.2) is 72.9 Å². The Kier molecular flexibility index (Phi) is 15.3. The van der Waals surface area contributed by atoms with E-state index in [2.05, 4.69) is 16.0 Å². The minimum atomic E-state index is -1.75. The van der Waals surface area contributed by atoms with Crippen LogP contribution >= 0.6 is 0 Å². The molecular formula is C40H47F2N7O10. The zero-order chi connectivity index (χ0) is 43.6. The smallest absolute Gasteiger partial charge is 0.328 e.